The zero-order valence-corrected chi connectivity index (χ0v) is 13.1. The number of phenolic OH excluding ortho intramolecular Hbond substituents is 1. The van der Waals surface area contributed by atoms with Crippen molar-refractivity contribution in [2.24, 2.45) is 0 Å². The molecule has 1 aromatic rings. The van der Waals surface area contributed by atoms with Crippen molar-refractivity contribution >= 4 is 23.6 Å². The van der Waals surface area contributed by atoms with Crippen molar-refractivity contribution in [2.45, 2.75) is 19.3 Å². The molecule has 22 heavy (non-hydrogen) atoms. The quantitative estimate of drug-likeness (QED) is 0.686. The van der Waals surface area contributed by atoms with Gasteiger partial charge in [0.2, 0.25) is 0 Å². The second-order valence-corrected chi connectivity index (χ2v) is 5.48. The lowest BCUT2D eigenvalue weighted by molar-refractivity contribution is -0.127. The Kier molecular flexibility index (Phi) is 5.29. The van der Waals surface area contributed by atoms with Crippen LogP contribution in [0.2, 0.25) is 5.02 Å². The van der Waals surface area contributed by atoms with E-state index in [1.54, 1.807) is 4.90 Å². The molecule has 6 heteroatoms. The normalized spacial score (nSPS) is 15.3. The third kappa shape index (κ3) is 3.52. The van der Waals surface area contributed by atoms with Crippen LogP contribution in [0, 0.1) is 11.3 Å². The Bertz CT molecular complexity index is 644. The average molecular weight is 321 g/mol. The molecule has 0 aromatic heterocycles. The van der Waals surface area contributed by atoms with E-state index in [1.165, 1.54) is 25.3 Å². The highest BCUT2D eigenvalue weighted by atomic mass is 35.5. The summed E-state index contributed by atoms with van der Waals surface area (Å²) in [6.45, 7) is 1.34. The molecule has 1 saturated heterocycles. The predicted octanol–water partition coefficient (Wildman–Crippen LogP) is 2.97. The first kappa shape index (κ1) is 16.2. The Morgan fingerprint density at radius 2 is 2.09 bits per heavy atom. The van der Waals surface area contributed by atoms with Crippen LogP contribution < -0.4 is 4.74 Å². The van der Waals surface area contributed by atoms with E-state index < -0.39 is 0 Å². The van der Waals surface area contributed by atoms with Crippen molar-refractivity contribution in [1.29, 1.82) is 5.26 Å². The van der Waals surface area contributed by atoms with Crippen molar-refractivity contribution in [3.05, 3.63) is 28.3 Å². The van der Waals surface area contributed by atoms with E-state index in [2.05, 4.69) is 0 Å². The maximum Gasteiger partial charge on any atom is 0.264 e. The minimum atomic E-state index is -0.287. The lowest BCUT2D eigenvalue weighted by Crippen LogP contribution is -2.36. The number of hydrogen-bond donors (Lipinski definition) is 1. The van der Waals surface area contributed by atoms with E-state index in [4.69, 9.17) is 16.3 Å². The lowest BCUT2D eigenvalue weighted by atomic mass is 10.1. The second-order valence-electron chi connectivity index (χ2n) is 5.07. The van der Waals surface area contributed by atoms with E-state index in [9.17, 15) is 15.2 Å². The van der Waals surface area contributed by atoms with Crippen molar-refractivity contribution in [1.82, 2.24) is 4.90 Å². The van der Waals surface area contributed by atoms with Crippen molar-refractivity contribution in [3.8, 4) is 17.6 Å². The van der Waals surface area contributed by atoms with Crippen LogP contribution in [0.15, 0.2) is 17.7 Å². The van der Waals surface area contributed by atoms with Crippen LogP contribution in [0.1, 0.15) is 24.8 Å². The van der Waals surface area contributed by atoms with Gasteiger partial charge in [0, 0.05) is 19.2 Å². The zero-order chi connectivity index (χ0) is 16.1. The standard InChI is InChI=1S/C16H17ClN2O3/c1-22-15-8-11(13(17)9-14(15)20)7-12(10-18)16(21)19-5-3-2-4-6-19/h7-9,20H,2-6H2,1H3. The van der Waals surface area contributed by atoms with Gasteiger partial charge in [-0.2, -0.15) is 5.26 Å². The van der Waals surface area contributed by atoms with Gasteiger partial charge in [-0.25, -0.2) is 0 Å². The van der Waals surface area contributed by atoms with Crippen LogP contribution in [0.25, 0.3) is 6.08 Å². The maximum absolute atomic E-state index is 12.4. The SMILES string of the molecule is COc1cc(C=C(C#N)C(=O)N2CCCCC2)c(Cl)cc1O. The van der Waals surface area contributed by atoms with Gasteiger partial charge in [-0.3, -0.25) is 4.79 Å². The first-order valence-corrected chi connectivity index (χ1v) is 7.42. The number of nitrogens with zero attached hydrogens (tertiary/aromatic N) is 2. The van der Waals surface area contributed by atoms with Gasteiger partial charge in [0.25, 0.3) is 5.91 Å². The van der Waals surface area contributed by atoms with Gasteiger partial charge in [-0.05, 0) is 37.0 Å². The third-order valence-electron chi connectivity index (χ3n) is 3.59. The lowest BCUT2D eigenvalue weighted by Gasteiger charge is -2.26. The molecule has 0 saturated carbocycles. The largest absolute Gasteiger partial charge is 0.504 e. The third-order valence-corrected chi connectivity index (χ3v) is 3.92. The molecule has 116 valence electrons. The minimum Gasteiger partial charge on any atom is -0.504 e. The first-order valence-electron chi connectivity index (χ1n) is 7.04. The molecule has 1 aliphatic heterocycles. The highest BCUT2D eigenvalue weighted by Crippen LogP contribution is 2.33. The number of amides is 1. The van der Waals surface area contributed by atoms with Crippen molar-refractivity contribution in [2.75, 3.05) is 20.2 Å². The summed E-state index contributed by atoms with van der Waals surface area (Å²) in [5.74, 6) is -0.144. The summed E-state index contributed by atoms with van der Waals surface area (Å²) in [4.78, 5) is 14.1. The number of carbonyl (C=O) groups excluding carboxylic acids is 1. The van der Waals surface area contributed by atoms with Crippen LogP contribution in [0.4, 0.5) is 0 Å². The predicted molar refractivity (Wildman–Crippen MR) is 83.7 cm³/mol. The molecule has 0 spiro atoms. The summed E-state index contributed by atoms with van der Waals surface area (Å²) in [5, 5.41) is 19.2. The van der Waals surface area contributed by atoms with Gasteiger partial charge in [-0.1, -0.05) is 11.6 Å². The maximum atomic E-state index is 12.4. The summed E-state index contributed by atoms with van der Waals surface area (Å²) >= 11 is 6.06. The second kappa shape index (κ2) is 7.19. The van der Waals surface area contributed by atoms with Crippen LogP contribution in [0.5, 0.6) is 11.5 Å². The molecule has 2 rings (SSSR count). The number of carbonyl (C=O) groups is 1. The molecule has 0 radical (unpaired) electrons. The molecule has 1 aliphatic rings. The number of rotatable bonds is 3. The monoisotopic (exact) mass is 320 g/mol. The molecular formula is C16H17ClN2O3. The molecular weight excluding hydrogens is 304 g/mol. The van der Waals surface area contributed by atoms with Gasteiger partial charge in [0.1, 0.15) is 11.6 Å². The number of likely N-dealkylation sites (tertiary alicyclic amines) is 1. The number of phenols is 1. The molecule has 1 aromatic carbocycles. The van der Waals surface area contributed by atoms with E-state index in [-0.39, 0.29) is 28.0 Å². The fourth-order valence-electron chi connectivity index (χ4n) is 2.40. The summed E-state index contributed by atoms with van der Waals surface area (Å²) in [6.07, 6.45) is 4.45. The molecule has 1 N–H and O–H groups in total. The number of methoxy groups -OCH3 is 1. The topological polar surface area (TPSA) is 73.6 Å². The average Bonchev–Trinajstić information content (AvgIpc) is 2.54. The van der Waals surface area contributed by atoms with Crippen molar-refractivity contribution < 1.29 is 14.6 Å². The number of aromatic hydroxyl groups is 1. The number of halogens is 1. The molecule has 5 nitrogen and oxygen atoms in total. The summed E-state index contributed by atoms with van der Waals surface area (Å²) in [5.41, 5.74) is 0.481. The number of ether oxygens (including phenoxy) is 1. The van der Waals surface area contributed by atoms with Crippen LogP contribution in [-0.4, -0.2) is 36.1 Å². The number of piperidine rings is 1. The molecule has 1 fully saturated rings. The van der Waals surface area contributed by atoms with E-state index >= 15 is 0 Å². The van der Waals surface area contributed by atoms with Gasteiger partial charge in [0.05, 0.1) is 12.1 Å². The van der Waals surface area contributed by atoms with E-state index in [0.717, 1.165) is 19.3 Å². The van der Waals surface area contributed by atoms with Crippen LogP contribution in [-0.2, 0) is 4.79 Å². The molecule has 1 heterocycles. The highest BCUT2D eigenvalue weighted by molar-refractivity contribution is 6.32. The number of nitriles is 1. The summed E-state index contributed by atoms with van der Waals surface area (Å²) in [6, 6.07) is 4.76. The zero-order valence-electron chi connectivity index (χ0n) is 12.3. The molecule has 0 atom stereocenters. The molecule has 0 unspecified atom stereocenters. The Hall–Kier alpha value is -2.19. The fraction of sp³-hybridized carbons (Fsp3) is 0.375. The Balaban J connectivity index is 2.32. The Labute approximate surface area is 134 Å². The van der Waals surface area contributed by atoms with Gasteiger partial charge in [0.15, 0.2) is 11.5 Å². The van der Waals surface area contributed by atoms with Crippen LogP contribution in [0.3, 0.4) is 0 Å². The number of benzene rings is 1. The van der Waals surface area contributed by atoms with E-state index in [0.29, 0.717) is 18.7 Å². The molecule has 1 amide bonds. The van der Waals surface area contributed by atoms with Gasteiger partial charge < -0.3 is 14.7 Å². The first-order chi connectivity index (χ1) is 10.6. The fourth-order valence-corrected chi connectivity index (χ4v) is 2.61. The Morgan fingerprint density at radius 1 is 1.41 bits per heavy atom. The molecule has 0 bridgehead atoms. The van der Waals surface area contributed by atoms with Gasteiger partial charge in [-0.15, -0.1) is 0 Å². The minimum absolute atomic E-state index is 0.0246. The smallest absolute Gasteiger partial charge is 0.264 e. The Morgan fingerprint density at radius 3 is 2.68 bits per heavy atom. The van der Waals surface area contributed by atoms with Crippen molar-refractivity contribution in [3.63, 3.8) is 0 Å². The summed E-state index contributed by atoms with van der Waals surface area (Å²) < 4.78 is 5.02. The number of hydrogen-bond acceptors (Lipinski definition) is 4. The van der Waals surface area contributed by atoms with E-state index in [1.807, 2.05) is 6.07 Å². The summed E-state index contributed by atoms with van der Waals surface area (Å²) in [7, 11) is 1.42. The van der Waals surface area contributed by atoms with Gasteiger partial charge >= 0.3 is 0 Å². The molecule has 0 aliphatic carbocycles. The highest BCUT2D eigenvalue weighted by Gasteiger charge is 2.20. The van der Waals surface area contributed by atoms with Crippen LogP contribution >= 0.6 is 11.6 Å².